The second-order valence-corrected chi connectivity index (χ2v) is 3.22. The molecule has 0 aliphatic heterocycles. The minimum absolute atomic E-state index is 0.462. The van der Waals surface area contributed by atoms with Crippen LogP contribution in [-0.4, -0.2) is 0 Å². The first kappa shape index (κ1) is 10.3. The zero-order chi connectivity index (χ0) is 11.2. The Labute approximate surface area is 94.6 Å². The Bertz CT molecular complexity index is 478. The molecule has 0 amide bonds. The summed E-state index contributed by atoms with van der Waals surface area (Å²) in [5.74, 6) is 0. The number of benzene rings is 1. The van der Waals surface area contributed by atoms with Crippen molar-refractivity contribution < 1.29 is 0 Å². The smallest absolute Gasteiger partial charge is 0.0946 e. The predicted molar refractivity (Wildman–Crippen MR) is 62.6 cm³/mol. The molecule has 2 N–H and O–H groups in total. The van der Waals surface area contributed by atoms with Gasteiger partial charge in [-0.2, -0.15) is 5.11 Å². The zero-order valence-corrected chi connectivity index (χ0v) is 8.72. The molecule has 0 aliphatic carbocycles. The number of hydrogen-bond acceptors (Lipinski definition) is 3. The molecular weight excluding hydrogens is 198 g/mol. The summed E-state index contributed by atoms with van der Waals surface area (Å²) in [7, 11) is 0. The highest BCUT2D eigenvalue weighted by atomic mass is 15.1. The van der Waals surface area contributed by atoms with Crippen LogP contribution in [0.15, 0.2) is 52.7 Å². The van der Waals surface area contributed by atoms with Crippen LogP contribution in [0.2, 0.25) is 0 Å². The molecule has 0 saturated carbocycles. The maximum absolute atomic E-state index is 5.61. The molecule has 0 aromatic heterocycles. The van der Waals surface area contributed by atoms with Gasteiger partial charge in [0, 0.05) is 12.6 Å². The molecule has 0 heterocycles. The van der Waals surface area contributed by atoms with Crippen molar-refractivity contribution >= 4 is 11.4 Å². The van der Waals surface area contributed by atoms with E-state index in [0.717, 1.165) is 16.9 Å². The van der Waals surface area contributed by atoms with Gasteiger partial charge in [-0.25, -0.2) is 0 Å². The van der Waals surface area contributed by atoms with E-state index in [0.29, 0.717) is 6.54 Å². The van der Waals surface area contributed by atoms with Crippen LogP contribution < -0.4 is 5.73 Å². The van der Waals surface area contributed by atoms with Crippen molar-refractivity contribution in [3.8, 4) is 0 Å². The molecule has 0 aliphatic rings. The third-order valence-electron chi connectivity index (χ3n) is 2.13. The summed E-state index contributed by atoms with van der Waals surface area (Å²) in [6.45, 7) is 0.462. The van der Waals surface area contributed by atoms with Crippen LogP contribution in [0.5, 0.6) is 0 Å². The van der Waals surface area contributed by atoms with Crippen LogP contribution in [0.25, 0.3) is 0 Å². The number of rotatable bonds is 3. The van der Waals surface area contributed by atoms with Crippen molar-refractivity contribution in [1.82, 2.24) is 0 Å². The standard InChI is InChI=1S/C13H11N3/c14-10-11-6-4-5-9-13(11)16-15-12-7-2-1-3-8-12/h2,4-9H,10,14H2. The van der Waals surface area contributed by atoms with Gasteiger partial charge in [0.15, 0.2) is 0 Å². The maximum atomic E-state index is 5.61. The summed E-state index contributed by atoms with van der Waals surface area (Å²) in [4.78, 5) is 0. The van der Waals surface area contributed by atoms with Crippen molar-refractivity contribution in [2.24, 2.45) is 16.0 Å². The van der Waals surface area contributed by atoms with Gasteiger partial charge in [-0.1, -0.05) is 30.3 Å². The Hall–Kier alpha value is -2.18. The van der Waals surface area contributed by atoms with Crippen LogP contribution >= 0.6 is 0 Å². The average molecular weight is 209 g/mol. The molecular formula is C13H11N3. The number of hydrogen-bond donors (Lipinski definition) is 1. The fourth-order valence-electron chi connectivity index (χ4n) is 1.29. The van der Waals surface area contributed by atoms with Crippen molar-refractivity contribution in [3.63, 3.8) is 0 Å². The molecule has 0 radical (unpaired) electrons. The van der Waals surface area contributed by atoms with Crippen LogP contribution in [0.1, 0.15) is 5.56 Å². The highest BCUT2D eigenvalue weighted by Gasteiger charge is 1.96. The molecule has 3 nitrogen and oxygen atoms in total. The molecule has 0 bridgehead atoms. The molecule has 3 heteroatoms. The summed E-state index contributed by atoms with van der Waals surface area (Å²) in [5.41, 5.74) is 8.15. The summed E-state index contributed by atoms with van der Waals surface area (Å²) in [6, 6.07) is 18.6. The highest BCUT2D eigenvalue weighted by Crippen LogP contribution is 2.20. The van der Waals surface area contributed by atoms with Gasteiger partial charge >= 0.3 is 0 Å². The molecule has 0 atom stereocenters. The fourth-order valence-corrected chi connectivity index (χ4v) is 1.29. The van der Waals surface area contributed by atoms with Gasteiger partial charge in [-0.05, 0) is 23.8 Å². The first-order chi connectivity index (χ1) is 7.90. The lowest BCUT2D eigenvalue weighted by atomic mass is 10.2. The number of nitrogens with two attached hydrogens (primary N) is 1. The molecule has 16 heavy (non-hydrogen) atoms. The van der Waals surface area contributed by atoms with Crippen LogP contribution in [0.4, 0.5) is 11.4 Å². The van der Waals surface area contributed by atoms with Crippen LogP contribution in [0, 0.1) is 12.1 Å². The molecule has 0 saturated heterocycles. The van der Waals surface area contributed by atoms with Crippen LogP contribution in [-0.2, 0) is 6.54 Å². The van der Waals surface area contributed by atoms with Crippen molar-refractivity contribution in [3.05, 3.63) is 60.2 Å². The summed E-state index contributed by atoms with van der Waals surface area (Å²) < 4.78 is 0. The third kappa shape index (κ3) is 2.44. The van der Waals surface area contributed by atoms with E-state index >= 15 is 0 Å². The highest BCUT2D eigenvalue weighted by molar-refractivity contribution is 5.46. The van der Waals surface area contributed by atoms with E-state index in [1.165, 1.54) is 0 Å². The lowest BCUT2D eigenvalue weighted by Gasteiger charge is -1.99. The second kappa shape index (κ2) is 5.06. The fraction of sp³-hybridized carbons (Fsp3) is 0.0769. The number of nitrogens with zero attached hydrogens (tertiary/aromatic N) is 2. The molecule has 0 spiro atoms. The normalized spacial score (nSPS) is 10.3. The largest absolute Gasteiger partial charge is 0.326 e. The van der Waals surface area contributed by atoms with Gasteiger partial charge in [0.2, 0.25) is 0 Å². The topological polar surface area (TPSA) is 50.7 Å². The van der Waals surface area contributed by atoms with Crippen LogP contribution in [0.3, 0.4) is 0 Å². The van der Waals surface area contributed by atoms with Gasteiger partial charge < -0.3 is 5.73 Å². The van der Waals surface area contributed by atoms with Gasteiger partial charge in [0.25, 0.3) is 0 Å². The lowest BCUT2D eigenvalue weighted by molar-refractivity contribution is 1.05. The van der Waals surface area contributed by atoms with Crippen molar-refractivity contribution in [2.75, 3.05) is 0 Å². The molecule has 0 unspecified atom stereocenters. The Kier molecular flexibility index (Phi) is 3.27. The molecule has 2 aromatic rings. The Morgan fingerprint density at radius 3 is 2.69 bits per heavy atom. The van der Waals surface area contributed by atoms with E-state index < -0.39 is 0 Å². The quantitative estimate of drug-likeness (QED) is 0.775. The van der Waals surface area contributed by atoms with Crippen molar-refractivity contribution in [1.29, 1.82) is 0 Å². The predicted octanol–water partition coefficient (Wildman–Crippen LogP) is 3.16. The summed E-state index contributed by atoms with van der Waals surface area (Å²) >= 11 is 0. The Morgan fingerprint density at radius 1 is 1.06 bits per heavy atom. The summed E-state index contributed by atoms with van der Waals surface area (Å²) in [6.07, 6.45) is 0. The minimum Gasteiger partial charge on any atom is -0.326 e. The monoisotopic (exact) mass is 209 g/mol. The SMILES string of the molecule is NCc1ccccc1N=Nc1cc#ccc1. The first-order valence-corrected chi connectivity index (χ1v) is 4.97. The zero-order valence-electron chi connectivity index (χ0n) is 8.72. The lowest BCUT2D eigenvalue weighted by Crippen LogP contribution is -1.95. The molecule has 2 aromatic carbocycles. The van der Waals surface area contributed by atoms with E-state index in [1.807, 2.05) is 30.3 Å². The van der Waals surface area contributed by atoms with E-state index in [-0.39, 0.29) is 0 Å². The average Bonchev–Trinajstić information content (AvgIpc) is 2.38. The second-order valence-electron chi connectivity index (χ2n) is 3.22. The van der Waals surface area contributed by atoms with E-state index in [2.05, 4.69) is 22.4 Å². The van der Waals surface area contributed by atoms with Crippen molar-refractivity contribution in [2.45, 2.75) is 6.54 Å². The van der Waals surface area contributed by atoms with Gasteiger partial charge in [0.05, 0.1) is 11.4 Å². The third-order valence-corrected chi connectivity index (χ3v) is 2.13. The van der Waals surface area contributed by atoms with E-state index in [4.69, 9.17) is 5.73 Å². The molecule has 0 fully saturated rings. The number of azo groups is 1. The van der Waals surface area contributed by atoms with E-state index in [1.54, 1.807) is 12.1 Å². The first-order valence-electron chi connectivity index (χ1n) is 4.97. The van der Waals surface area contributed by atoms with Gasteiger partial charge in [0.1, 0.15) is 0 Å². The maximum Gasteiger partial charge on any atom is 0.0946 e. The Balaban J connectivity index is 2.24. The minimum atomic E-state index is 0.462. The molecule has 78 valence electrons. The molecule has 2 rings (SSSR count). The van der Waals surface area contributed by atoms with Gasteiger partial charge in [-0.3, -0.25) is 0 Å². The van der Waals surface area contributed by atoms with E-state index in [9.17, 15) is 0 Å². The summed E-state index contributed by atoms with van der Waals surface area (Å²) in [5, 5.41) is 8.26. The van der Waals surface area contributed by atoms with Gasteiger partial charge in [-0.15, -0.1) is 5.11 Å². The Morgan fingerprint density at radius 2 is 1.94 bits per heavy atom.